The minimum atomic E-state index is -1.26. The molecule has 4 aliphatic rings. The molecule has 7 atom stereocenters. The number of aliphatic hydroxyl groups excluding tert-OH is 3. The summed E-state index contributed by atoms with van der Waals surface area (Å²) < 4.78 is 0. The van der Waals surface area contributed by atoms with E-state index in [1.54, 1.807) is 21.6 Å². The predicted molar refractivity (Wildman–Crippen MR) is 212 cm³/mol. The van der Waals surface area contributed by atoms with Gasteiger partial charge < -0.3 is 31.5 Å². The van der Waals surface area contributed by atoms with Gasteiger partial charge in [0, 0.05) is 35.9 Å². The molecule has 2 aliphatic heterocycles. The monoisotopic (exact) mass is 750 g/mol. The van der Waals surface area contributed by atoms with Crippen LogP contribution in [0.15, 0.2) is 76.9 Å². The maximum atomic E-state index is 14.6. The van der Waals surface area contributed by atoms with Gasteiger partial charge in [-0.05, 0) is 112 Å². The molecule has 0 radical (unpaired) electrons. The van der Waals surface area contributed by atoms with Gasteiger partial charge in [-0.1, -0.05) is 87.4 Å². The van der Waals surface area contributed by atoms with Crippen molar-refractivity contribution in [2.45, 2.75) is 103 Å². The number of carbonyl (C=O) groups excluding carboxylic acids is 2. The third kappa shape index (κ3) is 8.43. The molecule has 284 valence electrons. The number of rotatable bonds is 13. The van der Waals surface area contributed by atoms with Gasteiger partial charge in [0.15, 0.2) is 5.78 Å². The van der Waals surface area contributed by atoms with E-state index in [1.807, 2.05) is 43.4 Å². The van der Waals surface area contributed by atoms with E-state index in [0.717, 1.165) is 63.3 Å². The molecule has 1 aromatic carbocycles. The fourth-order valence-electron chi connectivity index (χ4n) is 9.63. The highest BCUT2D eigenvalue weighted by Gasteiger charge is 2.68. The number of aliphatic hydroxyl groups is 4. The Balaban J connectivity index is 1.55. The summed E-state index contributed by atoms with van der Waals surface area (Å²) in [5.74, 6) is 0.451. The number of ketones is 1. The second-order valence-corrected chi connectivity index (χ2v) is 18.1. The van der Waals surface area contributed by atoms with E-state index in [1.165, 1.54) is 5.57 Å². The van der Waals surface area contributed by atoms with Gasteiger partial charge in [0.25, 0.3) is 0 Å². The topological polar surface area (TPSA) is 153 Å². The van der Waals surface area contributed by atoms with E-state index in [2.05, 4.69) is 31.8 Å². The molecule has 2 saturated carbocycles. The number of hydrogen-bond acceptors (Lipinski definition) is 9. The fraction of sp³-hybridized carbons (Fsp3) is 0.571. The zero-order valence-corrected chi connectivity index (χ0v) is 32.7. The first-order valence-electron chi connectivity index (χ1n) is 18.8. The van der Waals surface area contributed by atoms with Gasteiger partial charge in [0.2, 0.25) is 5.91 Å². The van der Waals surface area contributed by atoms with Crippen LogP contribution in [0.3, 0.4) is 0 Å². The third-order valence-corrected chi connectivity index (χ3v) is 14.5. The molecule has 2 heterocycles. The minimum Gasteiger partial charge on any atom is -0.396 e. The molecule has 5 rings (SSSR count). The van der Waals surface area contributed by atoms with Crippen molar-refractivity contribution in [1.29, 1.82) is 0 Å². The number of hydrogen-bond donors (Lipinski definition) is 6. The predicted octanol–water partition coefficient (Wildman–Crippen LogP) is 6.20. The summed E-state index contributed by atoms with van der Waals surface area (Å²) in [4.78, 5) is 27.1. The summed E-state index contributed by atoms with van der Waals surface area (Å²) in [6.07, 6.45) is 11.5. The lowest BCUT2D eigenvalue weighted by atomic mass is 9.49. The molecule has 1 aromatic rings. The number of amides is 1. The number of Topliss-reactive ketones (excluding diaryl/α,β-unsaturated/α-hetero) is 1. The molecule has 7 N–H and O–H groups in total. The van der Waals surface area contributed by atoms with Gasteiger partial charge in [-0.3, -0.25) is 9.59 Å². The Hall–Kier alpha value is -2.44. The van der Waals surface area contributed by atoms with Crippen LogP contribution in [-0.2, 0) is 22.4 Å². The molecule has 52 heavy (non-hydrogen) atoms. The van der Waals surface area contributed by atoms with Crippen LogP contribution in [0, 0.1) is 23.2 Å². The van der Waals surface area contributed by atoms with Crippen molar-refractivity contribution in [3.05, 3.63) is 93.6 Å². The van der Waals surface area contributed by atoms with Gasteiger partial charge in [0.05, 0.1) is 24.7 Å². The van der Waals surface area contributed by atoms with Crippen molar-refractivity contribution in [3.63, 3.8) is 0 Å². The number of carbonyl (C=O) groups is 2. The molecule has 2 aliphatic carbocycles. The van der Waals surface area contributed by atoms with Gasteiger partial charge in [-0.15, -0.1) is 0 Å². The minimum absolute atomic E-state index is 0.00805. The molecule has 2 fully saturated rings. The van der Waals surface area contributed by atoms with Crippen molar-refractivity contribution < 1.29 is 30.0 Å². The van der Waals surface area contributed by atoms with Crippen LogP contribution < -0.4 is 11.1 Å². The van der Waals surface area contributed by atoms with Crippen molar-refractivity contribution in [2.75, 3.05) is 24.7 Å². The smallest absolute Gasteiger partial charge is 0.225 e. The van der Waals surface area contributed by atoms with Crippen LogP contribution in [-0.4, -0.2) is 68.5 Å². The first-order valence-corrected chi connectivity index (χ1v) is 21.3. The number of allylic oxidation sites excluding steroid dienone is 8. The first kappa shape index (κ1) is 40.7. The van der Waals surface area contributed by atoms with E-state index in [-0.39, 0.29) is 49.6 Å². The highest BCUT2D eigenvalue weighted by atomic mass is 33.1. The van der Waals surface area contributed by atoms with Crippen LogP contribution in [0.25, 0.3) is 0 Å². The summed E-state index contributed by atoms with van der Waals surface area (Å²) in [7, 11) is 3.44. The molecule has 1 amide bonds. The maximum Gasteiger partial charge on any atom is 0.225 e. The van der Waals surface area contributed by atoms with Gasteiger partial charge in [0.1, 0.15) is 6.17 Å². The fourth-order valence-corrected chi connectivity index (χ4v) is 12.1. The Morgan fingerprint density at radius 1 is 1.19 bits per heavy atom. The highest BCUT2D eigenvalue weighted by molar-refractivity contribution is 8.76. The SMILES string of the molecule is C=C(/C=C/C=C(/CO)[C@H]1C[C@H]2CSSCC/C(C(=O)Cc3cccc4c3CC(=O)N[C@H]4N)=C3/CC[C@@](C)(O)[C@]2([C@@H]3CCCO)[C@@H]1O)CCC=C(C)C. The zero-order valence-electron chi connectivity index (χ0n) is 31.0. The van der Waals surface area contributed by atoms with Crippen molar-refractivity contribution >= 4 is 33.3 Å². The summed E-state index contributed by atoms with van der Waals surface area (Å²) in [6, 6.07) is 5.69. The maximum absolute atomic E-state index is 14.6. The third-order valence-electron chi connectivity index (χ3n) is 12.0. The summed E-state index contributed by atoms with van der Waals surface area (Å²) in [5.41, 5.74) is 11.1. The lowest BCUT2D eigenvalue weighted by Gasteiger charge is -2.58. The Morgan fingerprint density at radius 3 is 2.71 bits per heavy atom. The Labute approximate surface area is 317 Å². The zero-order chi connectivity index (χ0) is 37.6. The van der Waals surface area contributed by atoms with E-state index in [9.17, 15) is 30.0 Å². The highest BCUT2D eigenvalue weighted by Crippen LogP contribution is 2.66. The van der Waals surface area contributed by atoms with E-state index < -0.39 is 29.2 Å². The second-order valence-electron chi connectivity index (χ2n) is 15.5. The van der Waals surface area contributed by atoms with Crippen molar-refractivity contribution in [3.8, 4) is 0 Å². The van der Waals surface area contributed by atoms with Crippen LogP contribution in [0.4, 0.5) is 0 Å². The normalized spacial score (nSPS) is 32.2. The average Bonchev–Trinajstić information content (AvgIpc) is 3.38. The van der Waals surface area contributed by atoms with Crippen LogP contribution in [0.1, 0.15) is 95.0 Å². The lowest BCUT2D eigenvalue weighted by molar-refractivity contribution is -0.184. The Morgan fingerprint density at radius 2 is 1.98 bits per heavy atom. The van der Waals surface area contributed by atoms with Gasteiger partial charge in [-0.2, -0.15) is 0 Å². The largest absolute Gasteiger partial charge is 0.396 e. The van der Waals surface area contributed by atoms with E-state index in [0.29, 0.717) is 38.5 Å². The van der Waals surface area contributed by atoms with Crippen molar-refractivity contribution in [1.82, 2.24) is 5.32 Å². The molecule has 0 saturated heterocycles. The van der Waals surface area contributed by atoms with Crippen LogP contribution in [0.5, 0.6) is 0 Å². The Kier molecular flexibility index (Phi) is 13.9. The van der Waals surface area contributed by atoms with Crippen LogP contribution >= 0.6 is 21.6 Å². The number of fused-ring (bicyclic) bond motifs is 2. The average molecular weight is 751 g/mol. The first-order chi connectivity index (χ1) is 24.8. The van der Waals surface area contributed by atoms with Gasteiger partial charge in [-0.25, -0.2) is 0 Å². The van der Waals surface area contributed by atoms with Crippen molar-refractivity contribution in [2.24, 2.45) is 28.9 Å². The summed E-state index contributed by atoms with van der Waals surface area (Å²) in [6.45, 7) is 9.93. The number of nitrogens with one attached hydrogen (secondary N) is 1. The molecule has 0 aromatic heterocycles. The second kappa shape index (κ2) is 17.8. The quantitative estimate of drug-likeness (QED) is 0.0786. The van der Waals surface area contributed by atoms with Gasteiger partial charge >= 0.3 is 0 Å². The molecule has 1 spiro atoms. The standard InChI is InChI=1S/C42H58N2O6S2/c1-26(2)9-5-10-27(3)11-6-13-29(24-46)35-22-30-25-52-51-20-17-32(31-16-18-41(4,50)42(30,39(35)49)36(31)15-8-19-45)37(47)21-28-12-7-14-33-34(28)23-38(48)44-40(33)43/h6-7,9,11-14,30,35-36,39-40,45-46,49-50H,3,5,8,10,15-25,43H2,1-2,4H3,(H,44,48)/b11-6+,29-13-,32-31+/t30-,35+,36+,39+,40+,41+,42+/m0/s1. The number of nitrogens with two attached hydrogens (primary N) is 1. The van der Waals surface area contributed by atoms with E-state index >= 15 is 0 Å². The molecule has 2 bridgehead atoms. The van der Waals surface area contributed by atoms with E-state index in [4.69, 9.17) is 5.73 Å². The molecule has 8 nitrogen and oxygen atoms in total. The number of benzene rings is 1. The summed E-state index contributed by atoms with van der Waals surface area (Å²) >= 11 is 0. The van der Waals surface area contributed by atoms with Crippen LogP contribution in [0.2, 0.25) is 0 Å². The lowest BCUT2D eigenvalue weighted by Crippen LogP contribution is -2.62. The molecule has 10 heteroatoms. The Bertz CT molecular complexity index is 1630. The molecule has 0 unspecified atom stereocenters. The molecular weight excluding hydrogens is 693 g/mol. The molecular formula is C42H58N2O6S2. The summed E-state index contributed by atoms with van der Waals surface area (Å²) in [5, 5.41) is 48.8.